The van der Waals surface area contributed by atoms with Gasteiger partial charge in [-0.3, -0.25) is 0 Å². The van der Waals surface area contributed by atoms with Gasteiger partial charge in [-0.2, -0.15) is 5.26 Å². The van der Waals surface area contributed by atoms with Crippen LogP contribution in [0.5, 0.6) is 0 Å². The van der Waals surface area contributed by atoms with Crippen molar-refractivity contribution in [3.05, 3.63) is 0 Å². The molecule has 0 radical (unpaired) electrons. The fourth-order valence-corrected chi connectivity index (χ4v) is 1.60. The minimum absolute atomic E-state index is 0.0709. The number of carboxylic acid groups (broad SMARTS) is 1. The number of nitrogens with one attached hydrogen (secondary N) is 2. The van der Waals surface area contributed by atoms with Crippen LogP contribution in [0.2, 0.25) is 0 Å². The third-order valence-electron chi connectivity index (χ3n) is 2.27. The number of rotatable bonds is 2. The molecule has 0 aromatic carbocycles. The lowest BCUT2D eigenvalue weighted by Crippen LogP contribution is -2.49. The molecular formula is C8H13N3O2. The summed E-state index contributed by atoms with van der Waals surface area (Å²) in [6, 6.07) is 2.00. The van der Waals surface area contributed by atoms with Gasteiger partial charge in [-0.05, 0) is 13.0 Å². The molecule has 72 valence electrons. The Hall–Kier alpha value is -1.28. The Morgan fingerprint density at radius 3 is 3.15 bits per heavy atom. The predicted molar refractivity (Wildman–Crippen MR) is 46.2 cm³/mol. The van der Waals surface area contributed by atoms with E-state index < -0.39 is 6.09 Å². The van der Waals surface area contributed by atoms with Crippen LogP contribution in [-0.4, -0.2) is 30.3 Å². The van der Waals surface area contributed by atoms with E-state index in [0.717, 1.165) is 19.5 Å². The Labute approximate surface area is 76.7 Å². The number of piperidine rings is 1. The van der Waals surface area contributed by atoms with E-state index in [1.54, 1.807) is 0 Å². The van der Waals surface area contributed by atoms with Crippen molar-refractivity contribution in [2.45, 2.75) is 18.9 Å². The Balaban J connectivity index is 2.47. The summed E-state index contributed by atoms with van der Waals surface area (Å²) in [6.45, 7) is 1.53. The molecule has 1 fully saturated rings. The maximum absolute atomic E-state index is 10.4. The fourth-order valence-electron chi connectivity index (χ4n) is 1.60. The standard InChI is InChI=1S/C8H13N3O2/c9-3-1-6-5-10-4-2-7(6)11-8(12)13/h6-7,10-11H,1-2,4-5H2,(H,12,13)/t6-,7-/m0/s1. The molecule has 5 heteroatoms. The van der Waals surface area contributed by atoms with Gasteiger partial charge in [-0.15, -0.1) is 0 Å². The van der Waals surface area contributed by atoms with Gasteiger partial charge in [0.25, 0.3) is 0 Å². The number of carbonyl (C=O) groups is 1. The summed E-state index contributed by atoms with van der Waals surface area (Å²) in [6.07, 6.45) is 0.159. The Morgan fingerprint density at radius 1 is 1.77 bits per heavy atom. The van der Waals surface area contributed by atoms with Crippen LogP contribution < -0.4 is 10.6 Å². The molecule has 1 saturated heterocycles. The molecule has 0 aromatic rings. The number of nitriles is 1. The van der Waals surface area contributed by atoms with Crippen molar-refractivity contribution in [1.82, 2.24) is 10.6 Å². The molecule has 13 heavy (non-hydrogen) atoms. The maximum Gasteiger partial charge on any atom is 0.404 e. The van der Waals surface area contributed by atoms with Crippen LogP contribution in [0.25, 0.3) is 0 Å². The Bertz CT molecular complexity index is 224. The first-order valence-electron chi connectivity index (χ1n) is 4.31. The number of hydrogen-bond donors (Lipinski definition) is 3. The zero-order valence-corrected chi connectivity index (χ0v) is 7.29. The third-order valence-corrected chi connectivity index (χ3v) is 2.27. The molecular weight excluding hydrogens is 170 g/mol. The molecule has 1 amide bonds. The van der Waals surface area contributed by atoms with E-state index in [2.05, 4.69) is 16.7 Å². The van der Waals surface area contributed by atoms with E-state index in [1.165, 1.54) is 0 Å². The summed E-state index contributed by atoms with van der Waals surface area (Å²) in [7, 11) is 0. The molecule has 0 aliphatic carbocycles. The van der Waals surface area contributed by atoms with Gasteiger partial charge in [-0.1, -0.05) is 0 Å². The maximum atomic E-state index is 10.4. The highest BCUT2D eigenvalue weighted by Gasteiger charge is 2.25. The van der Waals surface area contributed by atoms with Crippen molar-refractivity contribution < 1.29 is 9.90 Å². The summed E-state index contributed by atoms with van der Waals surface area (Å²) in [5.41, 5.74) is 0. The average Bonchev–Trinajstić information content (AvgIpc) is 2.08. The summed E-state index contributed by atoms with van der Waals surface area (Å²) in [5.74, 6) is 0.106. The van der Waals surface area contributed by atoms with E-state index in [4.69, 9.17) is 10.4 Å². The second-order valence-corrected chi connectivity index (χ2v) is 3.17. The largest absolute Gasteiger partial charge is 0.465 e. The molecule has 3 N–H and O–H groups in total. The molecule has 1 heterocycles. The first-order valence-corrected chi connectivity index (χ1v) is 4.31. The van der Waals surface area contributed by atoms with Gasteiger partial charge in [0.1, 0.15) is 0 Å². The van der Waals surface area contributed by atoms with Gasteiger partial charge in [0, 0.05) is 24.9 Å². The molecule has 0 bridgehead atoms. The van der Waals surface area contributed by atoms with Crippen molar-refractivity contribution in [2.24, 2.45) is 5.92 Å². The van der Waals surface area contributed by atoms with Gasteiger partial charge in [0.15, 0.2) is 0 Å². The SMILES string of the molecule is N#CC[C@H]1CNCC[C@@H]1NC(=O)O. The molecule has 0 unspecified atom stereocenters. The van der Waals surface area contributed by atoms with Crippen LogP contribution in [0.15, 0.2) is 0 Å². The minimum Gasteiger partial charge on any atom is -0.465 e. The van der Waals surface area contributed by atoms with Crippen molar-refractivity contribution in [1.29, 1.82) is 5.26 Å². The number of amides is 1. The van der Waals surface area contributed by atoms with E-state index in [1.807, 2.05) is 0 Å². The highest BCUT2D eigenvalue weighted by molar-refractivity contribution is 5.64. The van der Waals surface area contributed by atoms with Crippen LogP contribution in [-0.2, 0) is 0 Å². The first-order chi connectivity index (χ1) is 6.24. The number of nitrogens with zero attached hydrogens (tertiary/aromatic N) is 1. The second kappa shape index (κ2) is 4.67. The monoisotopic (exact) mass is 183 g/mol. The van der Waals surface area contributed by atoms with Crippen LogP contribution >= 0.6 is 0 Å². The Kier molecular flexibility index (Phi) is 3.53. The van der Waals surface area contributed by atoms with E-state index in [-0.39, 0.29) is 12.0 Å². The fraction of sp³-hybridized carbons (Fsp3) is 0.750. The lowest BCUT2D eigenvalue weighted by atomic mass is 9.91. The Morgan fingerprint density at radius 2 is 2.54 bits per heavy atom. The smallest absolute Gasteiger partial charge is 0.404 e. The van der Waals surface area contributed by atoms with Crippen molar-refractivity contribution in [3.63, 3.8) is 0 Å². The number of hydrogen-bond acceptors (Lipinski definition) is 3. The van der Waals surface area contributed by atoms with Gasteiger partial charge >= 0.3 is 6.09 Å². The van der Waals surface area contributed by atoms with E-state index >= 15 is 0 Å². The normalized spacial score (nSPS) is 27.6. The highest BCUT2D eigenvalue weighted by atomic mass is 16.4. The van der Waals surface area contributed by atoms with Crippen LogP contribution in [0.3, 0.4) is 0 Å². The predicted octanol–water partition coefficient (Wildman–Crippen LogP) is 0.146. The van der Waals surface area contributed by atoms with Crippen molar-refractivity contribution in [2.75, 3.05) is 13.1 Å². The summed E-state index contributed by atoms with van der Waals surface area (Å²) in [4.78, 5) is 10.4. The van der Waals surface area contributed by atoms with Crippen LogP contribution in [0.4, 0.5) is 4.79 Å². The van der Waals surface area contributed by atoms with Crippen molar-refractivity contribution >= 4 is 6.09 Å². The third kappa shape index (κ3) is 2.92. The van der Waals surface area contributed by atoms with Gasteiger partial charge in [0.05, 0.1) is 6.07 Å². The molecule has 1 rings (SSSR count). The van der Waals surface area contributed by atoms with Crippen LogP contribution in [0.1, 0.15) is 12.8 Å². The van der Waals surface area contributed by atoms with Crippen molar-refractivity contribution in [3.8, 4) is 6.07 Å². The summed E-state index contributed by atoms with van der Waals surface area (Å²) < 4.78 is 0. The first kappa shape index (κ1) is 9.81. The zero-order valence-electron chi connectivity index (χ0n) is 7.29. The molecule has 0 spiro atoms. The van der Waals surface area contributed by atoms with Gasteiger partial charge < -0.3 is 15.7 Å². The second-order valence-electron chi connectivity index (χ2n) is 3.17. The van der Waals surface area contributed by atoms with Crippen LogP contribution in [0, 0.1) is 17.2 Å². The molecule has 0 aromatic heterocycles. The summed E-state index contributed by atoms with van der Waals surface area (Å²) in [5, 5.41) is 22.6. The molecule has 1 aliphatic heterocycles. The molecule has 5 nitrogen and oxygen atoms in total. The highest BCUT2D eigenvalue weighted by Crippen LogP contribution is 2.14. The van der Waals surface area contributed by atoms with Gasteiger partial charge in [-0.25, -0.2) is 4.79 Å². The molecule has 0 saturated carbocycles. The quantitative estimate of drug-likeness (QED) is 0.568. The topological polar surface area (TPSA) is 85.2 Å². The molecule has 1 aliphatic rings. The average molecular weight is 183 g/mol. The lowest BCUT2D eigenvalue weighted by molar-refractivity contribution is 0.178. The van der Waals surface area contributed by atoms with E-state index in [9.17, 15) is 4.79 Å². The molecule has 2 atom stereocenters. The van der Waals surface area contributed by atoms with E-state index in [0.29, 0.717) is 6.42 Å². The van der Waals surface area contributed by atoms with Gasteiger partial charge in [0.2, 0.25) is 0 Å². The zero-order chi connectivity index (χ0) is 9.68. The minimum atomic E-state index is -1.00. The lowest BCUT2D eigenvalue weighted by Gasteiger charge is -2.30. The summed E-state index contributed by atoms with van der Waals surface area (Å²) >= 11 is 0.